The van der Waals surface area contributed by atoms with E-state index in [4.69, 9.17) is 4.74 Å². The maximum Gasteiger partial charge on any atom is 0.350 e. The van der Waals surface area contributed by atoms with Crippen molar-refractivity contribution in [3.05, 3.63) is 15.6 Å². The molecule has 5 heteroatoms. The van der Waals surface area contributed by atoms with Crippen LogP contribution in [-0.4, -0.2) is 24.1 Å². The van der Waals surface area contributed by atoms with Crippen LogP contribution in [0.1, 0.15) is 59.5 Å². The van der Waals surface area contributed by atoms with Gasteiger partial charge in [-0.3, -0.25) is 0 Å². The average molecular weight is 268 g/mol. The molecule has 0 aromatic carbocycles. The van der Waals surface area contributed by atoms with Crippen molar-refractivity contribution in [1.82, 2.24) is 10.3 Å². The van der Waals surface area contributed by atoms with E-state index in [1.54, 1.807) is 0 Å². The monoisotopic (exact) mass is 268 g/mol. The fourth-order valence-corrected chi connectivity index (χ4v) is 3.34. The van der Waals surface area contributed by atoms with Gasteiger partial charge < -0.3 is 10.1 Å². The Labute approximate surface area is 112 Å². The molecule has 0 bridgehead atoms. The number of carbonyl (C=O) groups excluding carboxylic acids is 1. The largest absolute Gasteiger partial charge is 0.462 e. The predicted octanol–water partition coefficient (Wildman–Crippen LogP) is 2.70. The molecule has 1 saturated heterocycles. The number of hydrogen-bond acceptors (Lipinski definition) is 5. The molecule has 1 aromatic heterocycles. The molecule has 0 radical (unpaired) electrons. The molecule has 4 nitrogen and oxygen atoms in total. The van der Waals surface area contributed by atoms with Gasteiger partial charge >= 0.3 is 5.97 Å². The fourth-order valence-electron chi connectivity index (χ4n) is 2.18. The van der Waals surface area contributed by atoms with Crippen LogP contribution < -0.4 is 5.32 Å². The van der Waals surface area contributed by atoms with Gasteiger partial charge in [0.15, 0.2) is 0 Å². The topological polar surface area (TPSA) is 51.2 Å². The second-order valence-corrected chi connectivity index (χ2v) is 5.44. The van der Waals surface area contributed by atoms with Crippen LogP contribution in [-0.2, 0) is 11.2 Å². The first-order valence-corrected chi connectivity index (χ1v) is 7.48. The van der Waals surface area contributed by atoms with Gasteiger partial charge in [0.25, 0.3) is 0 Å². The molecule has 1 aliphatic rings. The molecule has 2 rings (SSSR count). The number of esters is 1. The van der Waals surface area contributed by atoms with Crippen molar-refractivity contribution in [2.24, 2.45) is 0 Å². The van der Waals surface area contributed by atoms with E-state index in [9.17, 15) is 4.79 Å². The van der Waals surface area contributed by atoms with Gasteiger partial charge in [0, 0.05) is 0 Å². The summed E-state index contributed by atoms with van der Waals surface area (Å²) in [4.78, 5) is 17.1. The van der Waals surface area contributed by atoms with Crippen molar-refractivity contribution >= 4 is 17.3 Å². The number of nitrogens with zero attached hydrogens (tertiary/aromatic N) is 1. The van der Waals surface area contributed by atoms with E-state index in [1.165, 1.54) is 24.2 Å². The van der Waals surface area contributed by atoms with Gasteiger partial charge in [-0.25, -0.2) is 9.78 Å². The number of nitrogens with one attached hydrogen (secondary N) is 1. The van der Waals surface area contributed by atoms with Crippen molar-refractivity contribution in [3.63, 3.8) is 0 Å². The molecule has 1 fully saturated rings. The SMILES string of the molecule is CCOC(=O)c1sc(C2CCCCN2)nc1CC. The number of ether oxygens (including phenoxy) is 1. The van der Waals surface area contributed by atoms with Crippen molar-refractivity contribution in [3.8, 4) is 0 Å². The zero-order valence-electron chi connectivity index (χ0n) is 11.0. The Morgan fingerprint density at radius 2 is 2.33 bits per heavy atom. The standard InChI is InChI=1S/C13H20N2O2S/c1-3-9-11(13(16)17-4-2)18-12(15-9)10-7-5-6-8-14-10/h10,14H,3-8H2,1-2H3. The van der Waals surface area contributed by atoms with E-state index in [2.05, 4.69) is 10.3 Å². The molecule has 1 atom stereocenters. The Bertz CT molecular complexity index is 411. The highest BCUT2D eigenvalue weighted by molar-refractivity contribution is 7.13. The summed E-state index contributed by atoms with van der Waals surface area (Å²) < 4.78 is 5.08. The summed E-state index contributed by atoms with van der Waals surface area (Å²) in [5, 5.41) is 4.50. The van der Waals surface area contributed by atoms with Crippen LogP contribution in [0.3, 0.4) is 0 Å². The molecule has 1 aliphatic heterocycles. The molecule has 0 saturated carbocycles. The summed E-state index contributed by atoms with van der Waals surface area (Å²) in [6.45, 7) is 5.31. The lowest BCUT2D eigenvalue weighted by Crippen LogP contribution is -2.26. The zero-order chi connectivity index (χ0) is 13.0. The van der Waals surface area contributed by atoms with Gasteiger partial charge in [0.05, 0.1) is 18.3 Å². The number of rotatable bonds is 4. The van der Waals surface area contributed by atoms with Gasteiger partial charge in [-0.2, -0.15) is 0 Å². The van der Waals surface area contributed by atoms with Crippen molar-refractivity contribution in [2.75, 3.05) is 13.2 Å². The van der Waals surface area contributed by atoms with E-state index in [0.29, 0.717) is 17.5 Å². The molecule has 0 spiro atoms. The fraction of sp³-hybridized carbons (Fsp3) is 0.692. The zero-order valence-corrected chi connectivity index (χ0v) is 11.8. The molecule has 100 valence electrons. The molecule has 2 heterocycles. The Morgan fingerprint density at radius 3 is 2.94 bits per heavy atom. The highest BCUT2D eigenvalue weighted by Gasteiger charge is 2.23. The predicted molar refractivity (Wildman–Crippen MR) is 72.0 cm³/mol. The van der Waals surface area contributed by atoms with E-state index in [-0.39, 0.29) is 5.97 Å². The maximum absolute atomic E-state index is 11.8. The second kappa shape index (κ2) is 6.29. The summed E-state index contributed by atoms with van der Waals surface area (Å²) in [5.41, 5.74) is 0.876. The summed E-state index contributed by atoms with van der Waals surface area (Å²) >= 11 is 1.49. The lowest BCUT2D eigenvalue weighted by Gasteiger charge is -2.21. The minimum absolute atomic E-state index is 0.228. The molecule has 0 amide bonds. The molecule has 0 aliphatic carbocycles. The second-order valence-electron chi connectivity index (χ2n) is 4.40. The van der Waals surface area contributed by atoms with E-state index in [0.717, 1.165) is 30.1 Å². The summed E-state index contributed by atoms with van der Waals surface area (Å²) in [5.74, 6) is -0.228. The van der Waals surface area contributed by atoms with Crippen LogP contribution in [0.25, 0.3) is 0 Å². The van der Waals surface area contributed by atoms with Gasteiger partial charge in [0.1, 0.15) is 9.88 Å². The summed E-state index contributed by atoms with van der Waals surface area (Å²) in [7, 11) is 0. The molecular weight excluding hydrogens is 248 g/mol. The van der Waals surface area contributed by atoms with Gasteiger partial charge in [0.2, 0.25) is 0 Å². The minimum atomic E-state index is -0.228. The summed E-state index contributed by atoms with van der Waals surface area (Å²) in [6, 6.07) is 0.317. The Morgan fingerprint density at radius 1 is 1.50 bits per heavy atom. The Balaban J connectivity index is 2.19. The molecular formula is C13H20N2O2S. The lowest BCUT2D eigenvalue weighted by atomic mass is 10.1. The van der Waals surface area contributed by atoms with Crippen LogP contribution >= 0.6 is 11.3 Å². The third kappa shape index (κ3) is 2.90. The first-order valence-electron chi connectivity index (χ1n) is 6.66. The van der Waals surface area contributed by atoms with Crippen molar-refractivity contribution < 1.29 is 9.53 Å². The molecule has 18 heavy (non-hydrogen) atoms. The van der Waals surface area contributed by atoms with Crippen LogP contribution in [0.5, 0.6) is 0 Å². The van der Waals surface area contributed by atoms with Crippen LogP contribution in [0.15, 0.2) is 0 Å². The molecule has 1 aromatic rings. The van der Waals surface area contributed by atoms with E-state index in [1.807, 2.05) is 13.8 Å². The summed E-state index contributed by atoms with van der Waals surface area (Å²) in [6.07, 6.45) is 4.34. The Kier molecular flexibility index (Phi) is 4.72. The highest BCUT2D eigenvalue weighted by Crippen LogP contribution is 2.29. The quantitative estimate of drug-likeness (QED) is 0.853. The highest BCUT2D eigenvalue weighted by atomic mass is 32.1. The average Bonchev–Trinajstić information content (AvgIpc) is 2.84. The third-order valence-corrected chi connectivity index (χ3v) is 4.31. The van der Waals surface area contributed by atoms with Gasteiger partial charge in [-0.15, -0.1) is 11.3 Å². The van der Waals surface area contributed by atoms with Gasteiger partial charge in [-0.1, -0.05) is 13.3 Å². The maximum atomic E-state index is 11.8. The number of carbonyl (C=O) groups is 1. The third-order valence-electron chi connectivity index (χ3n) is 3.12. The molecule has 1 N–H and O–H groups in total. The number of aryl methyl sites for hydroxylation is 1. The van der Waals surface area contributed by atoms with Crippen LogP contribution in [0.4, 0.5) is 0 Å². The van der Waals surface area contributed by atoms with Gasteiger partial charge in [-0.05, 0) is 32.7 Å². The van der Waals surface area contributed by atoms with Crippen LogP contribution in [0.2, 0.25) is 0 Å². The van der Waals surface area contributed by atoms with Crippen molar-refractivity contribution in [1.29, 1.82) is 0 Å². The number of thiazole rings is 1. The normalized spacial score (nSPS) is 19.8. The lowest BCUT2D eigenvalue weighted by molar-refractivity contribution is 0.0530. The first kappa shape index (κ1) is 13.5. The Hall–Kier alpha value is -0.940. The van der Waals surface area contributed by atoms with Crippen molar-refractivity contribution in [2.45, 2.75) is 45.6 Å². The minimum Gasteiger partial charge on any atom is -0.462 e. The first-order chi connectivity index (χ1) is 8.76. The number of hydrogen-bond donors (Lipinski definition) is 1. The van der Waals surface area contributed by atoms with E-state index < -0.39 is 0 Å². The van der Waals surface area contributed by atoms with E-state index >= 15 is 0 Å². The number of aromatic nitrogens is 1. The van der Waals surface area contributed by atoms with Crippen LogP contribution in [0, 0.1) is 0 Å². The smallest absolute Gasteiger partial charge is 0.350 e. The molecule has 1 unspecified atom stereocenters. The number of piperidine rings is 1.